The van der Waals surface area contributed by atoms with Gasteiger partial charge < -0.3 is 9.72 Å². The number of halogens is 1. The molecule has 0 saturated carbocycles. The summed E-state index contributed by atoms with van der Waals surface area (Å²) in [4.78, 5) is 32.9. The van der Waals surface area contributed by atoms with E-state index in [1.54, 1.807) is 0 Å². The number of esters is 1. The minimum absolute atomic E-state index is 0.00963. The van der Waals surface area contributed by atoms with Crippen molar-refractivity contribution in [3.63, 3.8) is 0 Å². The summed E-state index contributed by atoms with van der Waals surface area (Å²) in [5, 5.41) is 0.0337. The van der Waals surface area contributed by atoms with Gasteiger partial charge in [-0.05, 0) is 6.07 Å². The first kappa shape index (κ1) is 10.6. The molecule has 7 heteroatoms. The van der Waals surface area contributed by atoms with Crippen LogP contribution >= 0.6 is 11.6 Å². The summed E-state index contributed by atoms with van der Waals surface area (Å²) in [6.07, 6.45) is 1.19. The third-order valence-electron chi connectivity index (χ3n) is 1.97. The summed E-state index contributed by atoms with van der Waals surface area (Å²) in [5.41, 5.74) is -0.170. The molecule has 0 amide bonds. The normalized spacial score (nSPS) is 10.4. The SMILES string of the molecule is COC(=O)c1cc(Cl)nc2c(=O)[nH]cnc12. The molecule has 0 radical (unpaired) electrons. The Labute approximate surface area is 94.2 Å². The second kappa shape index (κ2) is 3.90. The van der Waals surface area contributed by atoms with Crippen LogP contribution in [0.2, 0.25) is 5.15 Å². The molecule has 0 atom stereocenters. The lowest BCUT2D eigenvalue weighted by Gasteiger charge is -2.02. The highest BCUT2D eigenvalue weighted by atomic mass is 35.5. The molecule has 2 aromatic rings. The van der Waals surface area contributed by atoms with Crippen LogP contribution < -0.4 is 5.56 Å². The van der Waals surface area contributed by atoms with Crippen molar-refractivity contribution in [3.05, 3.63) is 33.5 Å². The molecule has 0 bridgehead atoms. The van der Waals surface area contributed by atoms with E-state index >= 15 is 0 Å². The fraction of sp³-hybridized carbons (Fsp3) is 0.111. The van der Waals surface area contributed by atoms with Crippen molar-refractivity contribution in [1.29, 1.82) is 0 Å². The van der Waals surface area contributed by atoms with Crippen LogP contribution in [0.5, 0.6) is 0 Å². The van der Waals surface area contributed by atoms with Gasteiger partial charge in [-0.25, -0.2) is 14.8 Å². The molecule has 0 aliphatic rings. The van der Waals surface area contributed by atoms with Crippen molar-refractivity contribution in [3.8, 4) is 0 Å². The molecule has 0 fully saturated rings. The lowest BCUT2D eigenvalue weighted by Crippen LogP contribution is -2.12. The number of hydrogen-bond acceptors (Lipinski definition) is 5. The van der Waals surface area contributed by atoms with Crippen LogP contribution in [0, 0.1) is 0 Å². The maximum atomic E-state index is 11.4. The van der Waals surface area contributed by atoms with Gasteiger partial charge in [-0.2, -0.15) is 0 Å². The van der Waals surface area contributed by atoms with Gasteiger partial charge >= 0.3 is 5.97 Å². The topological polar surface area (TPSA) is 84.9 Å². The minimum atomic E-state index is -0.618. The Morgan fingerprint density at radius 1 is 1.50 bits per heavy atom. The molecule has 0 unspecified atom stereocenters. The molecular weight excluding hydrogens is 234 g/mol. The molecule has 2 heterocycles. The number of hydrogen-bond donors (Lipinski definition) is 1. The molecule has 0 aliphatic carbocycles. The number of aromatic amines is 1. The number of aromatic nitrogens is 3. The number of rotatable bonds is 1. The average molecular weight is 240 g/mol. The average Bonchev–Trinajstić information content (AvgIpc) is 2.28. The number of methoxy groups -OCH3 is 1. The molecule has 0 saturated heterocycles. The van der Waals surface area contributed by atoms with Crippen LogP contribution in [0.3, 0.4) is 0 Å². The zero-order valence-electron chi connectivity index (χ0n) is 8.15. The maximum absolute atomic E-state index is 11.4. The second-order valence-electron chi connectivity index (χ2n) is 2.91. The van der Waals surface area contributed by atoms with Crippen molar-refractivity contribution < 1.29 is 9.53 Å². The number of carbonyl (C=O) groups excluding carboxylic acids is 1. The largest absolute Gasteiger partial charge is 0.465 e. The Morgan fingerprint density at radius 2 is 2.25 bits per heavy atom. The molecule has 0 aliphatic heterocycles. The van der Waals surface area contributed by atoms with E-state index in [-0.39, 0.29) is 21.7 Å². The number of nitrogens with one attached hydrogen (secondary N) is 1. The van der Waals surface area contributed by atoms with Gasteiger partial charge in [-0.3, -0.25) is 4.79 Å². The van der Waals surface area contributed by atoms with Gasteiger partial charge in [0.1, 0.15) is 10.7 Å². The maximum Gasteiger partial charge on any atom is 0.340 e. The summed E-state index contributed by atoms with van der Waals surface area (Å²) in [7, 11) is 1.23. The molecule has 2 aromatic heterocycles. The number of fused-ring (bicyclic) bond motifs is 1. The van der Waals surface area contributed by atoms with Crippen molar-refractivity contribution in [2.75, 3.05) is 7.11 Å². The summed E-state index contributed by atoms with van der Waals surface area (Å²) in [6.45, 7) is 0. The van der Waals surface area contributed by atoms with Gasteiger partial charge in [-0.1, -0.05) is 11.6 Å². The van der Waals surface area contributed by atoms with Crippen molar-refractivity contribution in [2.45, 2.75) is 0 Å². The molecule has 1 N–H and O–H groups in total. The lowest BCUT2D eigenvalue weighted by atomic mass is 10.2. The monoisotopic (exact) mass is 239 g/mol. The summed E-state index contributed by atoms with van der Waals surface area (Å²) >= 11 is 5.70. The first-order valence-electron chi connectivity index (χ1n) is 4.25. The number of carbonyl (C=O) groups is 1. The Morgan fingerprint density at radius 3 is 2.94 bits per heavy atom. The summed E-state index contributed by atoms with van der Waals surface area (Å²) in [6, 6.07) is 1.31. The Hall–Kier alpha value is -1.95. The quantitative estimate of drug-likeness (QED) is 0.587. The molecule has 6 nitrogen and oxygen atoms in total. The minimum Gasteiger partial charge on any atom is -0.465 e. The van der Waals surface area contributed by atoms with E-state index in [0.29, 0.717) is 0 Å². The molecule has 16 heavy (non-hydrogen) atoms. The third-order valence-corrected chi connectivity index (χ3v) is 2.16. The van der Waals surface area contributed by atoms with E-state index in [4.69, 9.17) is 11.6 Å². The Kier molecular flexibility index (Phi) is 2.57. The fourth-order valence-electron chi connectivity index (χ4n) is 1.29. The summed E-state index contributed by atoms with van der Waals surface area (Å²) in [5.74, 6) is -0.618. The van der Waals surface area contributed by atoms with Gasteiger partial charge in [0.2, 0.25) is 0 Å². The van der Waals surface area contributed by atoms with Crippen LogP contribution in [-0.4, -0.2) is 28.0 Å². The van der Waals surface area contributed by atoms with Gasteiger partial charge in [0, 0.05) is 0 Å². The predicted octanol–water partition coefficient (Wildman–Crippen LogP) is 0.758. The molecular formula is C9H6ClN3O3. The number of nitrogens with zero attached hydrogens (tertiary/aromatic N) is 2. The van der Waals surface area contributed by atoms with Crippen molar-refractivity contribution in [2.24, 2.45) is 0 Å². The van der Waals surface area contributed by atoms with E-state index in [2.05, 4.69) is 19.7 Å². The first-order chi connectivity index (χ1) is 7.63. The first-order valence-corrected chi connectivity index (χ1v) is 4.63. The predicted molar refractivity (Wildman–Crippen MR) is 56.5 cm³/mol. The molecule has 0 spiro atoms. The zero-order valence-corrected chi connectivity index (χ0v) is 8.91. The number of H-pyrrole nitrogens is 1. The zero-order chi connectivity index (χ0) is 11.7. The van der Waals surface area contributed by atoms with Gasteiger partial charge in [0.15, 0.2) is 5.52 Å². The van der Waals surface area contributed by atoms with Gasteiger partial charge in [0.05, 0.1) is 19.0 Å². The van der Waals surface area contributed by atoms with Gasteiger partial charge in [0.25, 0.3) is 5.56 Å². The van der Waals surface area contributed by atoms with Crippen molar-refractivity contribution >= 4 is 28.6 Å². The Balaban J connectivity index is 2.88. The van der Waals surface area contributed by atoms with Crippen LogP contribution in [0.15, 0.2) is 17.2 Å². The van der Waals surface area contributed by atoms with E-state index < -0.39 is 11.5 Å². The van der Waals surface area contributed by atoms with E-state index in [1.165, 1.54) is 19.5 Å². The Bertz CT molecular complexity index is 623. The van der Waals surface area contributed by atoms with Crippen molar-refractivity contribution in [1.82, 2.24) is 15.0 Å². The highest BCUT2D eigenvalue weighted by Gasteiger charge is 2.15. The van der Waals surface area contributed by atoms with E-state index in [0.717, 1.165) is 0 Å². The highest BCUT2D eigenvalue weighted by molar-refractivity contribution is 6.30. The van der Waals surface area contributed by atoms with E-state index in [9.17, 15) is 9.59 Å². The van der Waals surface area contributed by atoms with E-state index in [1.807, 2.05) is 0 Å². The molecule has 82 valence electrons. The highest BCUT2D eigenvalue weighted by Crippen LogP contribution is 2.16. The van der Waals surface area contributed by atoms with Crippen LogP contribution in [0.1, 0.15) is 10.4 Å². The molecule has 2 rings (SSSR count). The second-order valence-corrected chi connectivity index (χ2v) is 3.30. The van der Waals surface area contributed by atoms with Gasteiger partial charge in [-0.15, -0.1) is 0 Å². The smallest absolute Gasteiger partial charge is 0.340 e. The fourth-order valence-corrected chi connectivity index (χ4v) is 1.48. The number of ether oxygens (including phenoxy) is 1. The number of pyridine rings is 1. The summed E-state index contributed by atoms with van der Waals surface area (Å²) < 4.78 is 4.56. The molecule has 0 aromatic carbocycles. The lowest BCUT2D eigenvalue weighted by molar-refractivity contribution is 0.0602. The van der Waals surface area contributed by atoms with Crippen LogP contribution in [0.4, 0.5) is 0 Å². The third kappa shape index (κ3) is 1.63. The van der Waals surface area contributed by atoms with Crippen LogP contribution in [-0.2, 0) is 4.74 Å². The standard InChI is InChI=1S/C9H6ClN3O3/c1-16-9(15)4-2-5(10)13-7-6(4)11-3-12-8(7)14/h2-3H,1H3,(H,11,12,14). The van der Waals surface area contributed by atoms with Crippen LogP contribution in [0.25, 0.3) is 11.0 Å².